The lowest BCUT2D eigenvalue weighted by atomic mass is 10.1. The highest BCUT2D eigenvalue weighted by molar-refractivity contribution is 6.59. The van der Waals surface area contributed by atoms with Gasteiger partial charge in [0.1, 0.15) is 0 Å². The van der Waals surface area contributed by atoms with Crippen molar-refractivity contribution in [3.8, 4) is 0 Å². The third-order valence-corrected chi connectivity index (χ3v) is 5.46. The highest BCUT2D eigenvalue weighted by Gasteiger charge is 2.35. The highest BCUT2D eigenvalue weighted by Crippen LogP contribution is 2.18. The average molecular weight is 322 g/mol. The van der Waals surface area contributed by atoms with Crippen molar-refractivity contribution >= 4 is 8.80 Å². The van der Waals surface area contributed by atoms with Crippen molar-refractivity contribution in [1.82, 2.24) is 0 Å². The third kappa shape index (κ3) is 5.78. The largest absolute Gasteiger partial charge is 0.498 e. The van der Waals surface area contributed by atoms with Crippen LogP contribution in [-0.4, -0.2) is 26.8 Å². The molecule has 0 saturated carbocycles. The maximum absolute atomic E-state index is 13.1. The summed E-state index contributed by atoms with van der Waals surface area (Å²) in [7, 11) is -3.13. The molecule has 0 heterocycles. The van der Waals surface area contributed by atoms with Crippen LogP contribution < -0.4 is 0 Å². The molecule has 0 radical (unpaired) electrons. The van der Waals surface area contributed by atoms with Crippen molar-refractivity contribution in [3.63, 3.8) is 0 Å². The maximum atomic E-state index is 13.1. The summed E-state index contributed by atoms with van der Waals surface area (Å²) in [4.78, 5) is 10.2. The van der Waals surface area contributed by atoms with Crippen LogP contribution in [0.3, 0.4) is 0 Å². The van der Waals surface area contributed by atoms with Gasteiger partial charge in [-0.2, -0.15) is 0 Å². The van der Waals surface area contributed by atoms with Crippen molar-refractivity contribution in [2.45, 2.75) is 39.2 Å². The van der Waals surface area contributed by atoms with Crippen molar-refractivity contribution in [1.29, 1.82) is 0 Å². The van der Waals surface area contributed by atoms with E-state index in [1.54, 1.807) is 13.8 Å². The van der Waals surface area contributed by atoms with Crippen molar-refractivity contribution < 1.29 is 26.8 Å². The van der Waals surface area contributed by atoms with E-state index in [1.807, 2.05) is 0 Å². The molecule has 0 aliphatic heterocycles. The van der Waals surface area contributed by atoms with Crippen molar-refractivity contribution in [2.24, 2.45) is 0 Å². The first-order valence-electron chi connectivity index (χ1n) is 7.05. The Kier molecular flexibility index (Phi) is 7.37. The second-order valence-corrected chi connectivity index (χ2v) is 7.16. The third-order valence-electron chi connectivity index (χ3n) is 2.99. The Morgan fingerprint density at radius 2 is 1.52 bits per heavy atom. The molecule has 120 valence electrons. The smallest absolute Gasteiger partial charge is 0.390 e. The number of unbranched alkanes of at least 4 members (excludes halogenated alkanes) is 1. The molecular weight excluding hydrogens is 301 g/mol. The Morgan fingerprint density at radius 3 is 2.00 bits per heavy atom. The standard InChI is InChI=1S/C14H21F3O3Si/c1-3-19-21(18,20-4-2)8-6-5-7-11-9-12(15)14(17)13(16)10-11/h9-10,18H,3-8H2,1-2H3. The first-order valence-corrected chi connectivity index (χ1v) is 9.02. The number of aryl methyl sites for hydroxylation is 1. The Bertz CT molecular complexity index is 428. The van der Waals surface area contributed by atoms with E-state index >= 15 is 0 Å². The van der Waals surface area contributed by atoms with E-state index in [2.05, 4.69) is 0 Å². The number of hydrogen-bond acceptors (Lipinski definition) is 3. The highest BCUT2D eigenvalue weighted by atomic mass is 28.4. The van der Waals surface area contributed by atoms with Crippen LogP contribution in [0.1, 0.15) is 32.3 Å². The zero-order valence-electron chi connectivity index (χ0n) is 12.3. The van der Waals surface area contributed by atoms with Crippen molar-refractivity contribution in [3.05, 3.63) is 35.1 Å². The SMILES string of the molecule is CCO[Si](O)(CCCCc1cc(F)c(F)c(F)c1)OCC. The first-order chi connectivity index (χ1) is 9.91. The molecule has 1 rings (SSSR count). The molecular formula is C14H21F3O3Si. The van der Waals surface area contributed by atoms with Crippen LogP contribution in [0.25, 0.3) is 0 Å². The van der Waals surface area contributed by atoms with Gasteiger partial charge in [-0.15, -0.1) is 0 Å². The van der Waals surface area contributed by atoms with Gasteiger partial charge in [0.25, 0.3) is 0 Å². The summed E-state index contributed by atoms with van der Waals surface area (Å²) in [6, 6.07) is 2.38. The second kappa shape index (κ2) is 8.53. The van der Waals surface area contributed by atoms with Crippen LogP contribution in [0.5, 0.6) is 0 Å². The van der Waals surface area contributed by atoms with Gasteiger partial charge in [0.2, 0.25) is 0 Å². The van der Waals surface area contributed by atoms with Crippen LogP contribution in [0.4, 0.5) is 13.2 Å². The predicted octanol–water partition coefficient (Wildman–Crippen LogP) is 3.43. The van der Waals surface area contributed by atoms with Gasteiger partial charge in [0.05, 0.1) is 0 Å². The molecule has 0 unspecified atom stereocenters. The van der Waals surface area contributed by atoms with Gasteiger partial charge < -0.3 is 13.6 Å². The molecule has 0 atom stereocenters. The number of halogens is 3. The van der Waals surface area contributed by atoms with E-state index in [-0.39, 0.29) is 0 Å². The summed E-state index contributed by atoms with van der Waals surface area (Å²) < 4.78 is 49.5. The fraction of sp³-hybridized carbons (Fsp3) is 0.571. The fourth-order valence-electron chi connectivity index (χ4n) is 2.07. The number of hydrogen-bond donors (Lipinski definition) is 1. The van der Waals surface area contributed by atoms with Gasteiger partial charge >= 0.3 is 8.80 Å². The van der Waals surface area contributed by atoms with Gasteiger partial charge in [0.15, 0.2) is 17.5 Å². The van der Waals surface area contributed by atoms with Crippen LogP contribution in [0, 0.1) is 17.5 Å². The molecule has 7 heteroatoms. The van der Waals surface area contributed by atoms with Crippen LogP contribution in [-0.2, 0) is 15.3 Å². The lowest BCUT2D eigenvalue weighted by Gasteiger charge is -2.22. The fourth-order valence-corrected chi connectivity index (χ4v) is 4.04. The summed E-state index contributed by atoms with van der Waals surface area (Å²) in [5.74, 6) is -3.81. The number of rotatable bonds is 9. The van der Waals surface area contributed by atoms with E-state index < -0.39 is 26.3 Å². The van der Waals surface area contributed by atoms with E-state index in [0.717, 1.165) is 12.1 Å². The van der Waals surface area contributed by atoms with Crippen LogP contribution in [0.15, 0.2) is 12.1 Å². The zero-order chi connectivity index (χ0) is 15.9. The first kappa shape index (κ1) is 18.2. The molecule has 0 saturated heterocycles. The maximum Gasteiger partial charge on any atom is 0.498 e. The Balaban J connectivity index is 2.46. The molecule has 1 N–H and O–H groups in total. The lowest BCUT2D eigenvalue weighted by molar-refractivity contribution is 0.107. The molecule has 0 spiro atoms. The summed E-state index contributed by atoms with van der Waals surface area (Å²) in [5, 5.41) is 0. The predicted molar refractivity (Wildman–Crippen MR) is 75.3 cm³/mol. The second-order valence-electron chi connectivity index (χ2n) is 4.66. The molecule has 1 aromatic carbocycles. The zero-order valence-corrected chi connectivity index (χ0v) is 13.3. The average Bonchev–Trinajstić information content (AvgIpc) is 2.41. The van der Waals surface area contributed by atoms with Gasteiger partial charge in [-0.1, -0.05) is 0 Å². The normalized spacial score (nSPS) is 11.9. The van der Waals surface area contributed by atoms with Gasteiger partial charge in [-0.3, -0.25) is 0 Å². The quantitative estimate of drug-likeness (QED) is 0.430. The summed E-state index contributed by atoms with van der Waals surface area (Å²) in [6.07, 6.45) is 1.60. The van der Waals surface area contributed by atoms with Crippen LogP contribution in [0.2, 0.25) is 6.04 Å². The van der Waals surface area contributed by atoms with Gasteiger partial charge in [-0.05, 0) is 50.8 Å². The van der Waals surface area contributed by atoms with E-state index in [4.69, 9.17) is 8.85 Å². The molecule has 0 aromatic heterocycles. The van der Waals surface area contributed by atoms with Crippen LogP contribution >= 0.6 is 0 Å². The van der Waals surface area contributed by atoms with Gasteiger partial charge in [-0.25, -0.2) is 13.2 Å². The molecule has 1 aromatic rings. The molecule has 21 heavy (non-hydrogen) atoms. The topological polar surface area (TPSA) is 38.7 Å². The van der Waals surface area contributed by atoms with E-state index in [0.29, 0.717) is 44.1 Å². The Hall–Kier alpha value is -0.893. The minimum Gasteiger partial charge on any atom is -0.390 e. The lowest BCUT2D eigenvalue weighted by Crippen LogP contribution is -2.42. The minimum atomic E-state index is -3.13. The van der Waals surface area contributed by atoms with E-state index in [1.165, 1.54) is 0 Å². The molecule has 0 bridgehead atoms. The molecule has 3 nitrogen and oxygen atoms in total. The molecule has 0 aliphatic carbocycles. The van der Waals surface area contributed by atoms with Crippen molar-refractivity contribution in [2.75, 3.05) is 13.2 Å². The summed E-state index contributed by atoms with van der Waals surface area (Å²) in [6.45, 7) is 4.30. The minimum absolute atomic E-state index is 0.372. The van der Waals surface area contributed by atoms with E-state index in [9.17, 15) is 18.0 Å². The van der Waals surface area contributed by atoms with Gasteiger partial charge in [0, 0.05) is 19.3 Å². The Morgan fingerprint density at radius 1 is 1.00 bits per heavy atom. The molecule has 0 aliphatic rings. The molecule has 0 amide bonds. The Labute approximate surface area is 124 Å². The number of benzene rings is 1. The monoisotopic (exact) mass is 322 g/mol. The molecule has 0 fully saturated rings. The summed E-state index contributed by atoms with van der Waals surface area (Å²) >= 11 is 0. The summed E-state index contributed by atoms with van der Waals surface area (Å²) in [5.41, 5.74) is 0.393.